The smallest absolute Gasteiger partial charge is 0.251 e. The van der Waals surface area contributed by atoms with Crippen molar-refractivity contribution in [2.45, 2.75) is 143 Å². The Balaban J connectivity index is 0.764. The third-order valence-corrected chi connectivity index (χ3v) is 17.5. The first-order valence-electron chi connectivity index (χ1n) is 27.1. The average molecular weight is 1090 g/mol. The number of halogens is 1. The van der Waals surface area contributed by atoms with Gasteiger partial charge < -0.3 is 40.2 Å². The number of nitrogens with zero attached hydrogens (tertiary/aromatic N) is 5. The van der Waals surface area contributed by atoms with Crippen LogP contribution in [0.25, 0.3) is 10.4 Å². The molecule has 0 bridgehead atoms. The van der Waals surface area contributed by atoms with Crippen LogP contribution in [0.1, 0.15) is 121 Å². The summed E-state index contributed by atoms with van der Waals surface area (Å²) in [7, 11) is 0. The van der Waals surface area contributed by atoms with Gasteiger partial charge in [-0.25, -0.2) is 4.98 Å². The molecule has 2 aliphatic carbocycles. The molecule has 4 amide bonds. The van der Waals surface area contributed by atoms with Crippen molar-refractivity contribution in [2.75, 3.05) is 52.5 Å². The van der Waals surface area contributed by atoms with E-state index in [9.17, 15) is 29.5 Å². The Kier molecular flexibility index (Phi) is 18.1. The molecule has 4 fully saturated rings. The number of benzene rings is 3. The number of carbonyl (C=O) groups excluding carboxylic acids is 4. The second kappa shape index (κ2) is 24.2. The number of β-amino-alcohol motifs (C(OH)–C–C–N with tert-alkyl or cyclic N) is 1. The zero-order valence-corrected chi connectivity index (χ0v) is 47.6. The van der Waals surface area contributed by atoms with E-state index in [1.165, 1.54) is 4.90 Å². The Morgan fingerprint density at radius 2 is 1.61 bits per heavy atom. The monoisotopic (exact) mass is 1090 g/mol. The molecule has 2 saturated carbocycles. The maximum absolute atomic E-state index is 14.4. The van der Waals surface area contributed by atoms with Crippen LogP contribution < -0.4 is 25.4 Å². The molecule has 0 radical (unpaired) electrons. The lowest BCUT2D eigenvalue weighted by molar-refractivity contribution is -0.164. The van der Waals surface area contributed by atoms with E-state index in [1.807, 2.05) is 76.5 Å². The lowest BCUT2D eigenvalue weighted by Gasteiger charge is -2.63. The molecule has 16 nitrogen and oxygen atoms in total. The van der Waals surface area contributed by atoms with E-state index in [1.54, 1.807) is 41.7 Å². The number of nitriles is 1. The SMILES string of the molecule is Cc1ncsc1-c1ccc([C@H](C)NC(=O)[C@@H]2C[C@@H](O)CN2C(=O)C(NC(=O)CO[C@H]2CCCC[C@@H]2N2CCN(CCOc3ccc(C(=O)NC4C(C)(C)C(Oc5ccc(C#N)c(Cl)c5)C4(C)C)cc3)CC2)C(C)(C)C)cc1. The summed E-state index contributed by atoms with van der Waals surface area (Å²) in [5.74, 6) is -0.0578. The van der Waals surface area contributed by atoms with E-state index >= 15 is 0 Å². The average Bonchev–Trinajstić information content (AvgIpc) is 4.04. The second-order valence-corrected chi connectivity index (χ2v) is 24.9. The molecular weight excluding hydrogens is 1020 g/mol. The molecule has 4 N–H and O–H groups in total. The van der Waals surface area contributed by atoms with Crippen LogP contribution in [-0.4, -0.2) is 143 Å². The quantitative estimate of drug-likeness (QED) is 0.0752. The number of ether oxygens (including phenoxy) is 3. The van der Waals surface area contributed by atoms with Gasteiger partial charge in [0.05, 0.1) is 44.9 Å². The minimum atomic E-state index is -0.956. The number of aromatic nitrogens is 1. The lowest BCUT2D eigenvalue weighted by atomic mass is 9.49. The standard InChI is InChI=1S/C59H77ClN8O8S/c1-36(38-14-16-39(17-15-38)50-37(2)62-35-77-50)63-53(72)47-30-42(69)33-68(47)54(73)51(57(3,4)5)64-49(70)34-75-48-13-11-10-12-46(48)67-26-24-66(25-27-67)28-29-74-43-21-18-40(19-22-43)52(71)65-55-58(6,7)56(59(55,8)9)76-44-23-20-41(32-61)45(60)31-44/h14-23,31,35-36,42,46-48,51,55-56,69H,10-13,24-30,33-34H2,1-9H3,(H,63,72)(H,64,70)(H,65,71)/t36-,42+,46-,47-,48-,51?,55?,56?/m0/s1. The number of carbonyl (C=O) groups is 4. The molecule has 8 rings (SSSR count). The Morgan fingerprint density at radius 1 is 0.935 bits per heavy atom. The van der Waals surface area contributed by atoms with Gasteiger partial charge in [-0.05, 0) is 79.6 Å². The molecule has 3 heterocycles. The van der Waals surface area contributed by atoms with Crippen LogP contribution in [-0.2, 0) is 19.1 Å². The van der Waals surface area contributed by atoms with Crippen LogP contribution >= 0.6 is 22.9 Å². The summed E-state index contributed by atoms with van der Waals surface area (Å²) in [5.41, 5.74) is 4.22. The van der Waals surface area contributed by atoms with Crippen molar-refractivity contribution in [3.8, 4) is 28.0 Å². The Bertz CT molecular complexity index is 2750. The van der Waals surface area contributed by atoms with Gasteiger partial charge >= 0.3 is 0 Å². The number of aryl methyl sites for hydroxylation is 1. The van der Waals surface area contributed by atoms with E-state index in [-0.39, 0.29) is 72.6 Å². The zero-order chi connectivity index (χ0) is 55.4. The molecule has 2 aliphatic heterocycles. The summed E-state index contributed by atoms with van der Waals surface area (Å²) >= 11 is 7.85. The van der Waals surface area contributed by atoms with E-state index in [4.69, 9.17) is 25.8 Å². The minimum Gasteiger partial charge on any atom is -0.492 e. The molecule has 1 unspecified atom stereocenters. The minimum absolute atomic E-state index is 0.00831. The Hall–Kier alpha value is -5.61. The summed E-state index contributed by atoms with van der Waals surface area (Å²) < 4.78 is 18.9. The fourth-order valence-corrected chi connectivity index (χ4v) is 13.2. The molecule has 1 aromatic heterocycles. The lowest BCUT2D eigenvalue weighted by Crippen LogP contribution is -2.74. The number of hydrogen-bond donors (Lipinski definition) is 4. The van der Waals surface area contributed by atoms with Crippen molar-refractivity contribution in [3.05, 3.63) is 99.6 Å². The van der Waals surface area contributed by atoms with Crippen molar-refractivity contribution in [1.82, 2.24) is 35.6 Å². The molecular formula is C59H77ClN8O8S. The first-order valence-corrected chi connectivity index (χ1v) is 28.4. The number of nitrogens with one attached hydrogen (secondary N) is 3. The first-order chi connectivity index (χ1) is 36.5. The number of thiazole rings is 1. The topological polar surface area (TPSA) is 199 Å². The highest BCUT2D eigenvalue weighted by molar-refractivity contribution is 7.13. The summed E-state index contributed by atoms with van der Waals surface area (Å²) in [6.07, 6.45) is 2.80. The van der Waals surface area contributed by atoms with Crippen LogP contribution in [0.2, 0.25) is 5.02 Å². The number of hydrogen-bond acceptors (Lipinski definition) is 13. The molecule has 0 spiro atoms. The molecule has 3 aromatic carbocycles. The summed E-state index contributed by atoms with van der Waals surface area (Å²) in [6.45, 7) is 22.3. The molecule has 77 heavy (non-hydrogen) atoms. The highest BCUT2D eigenvalue weighted by atomic mass is 35.5. The van der Waals surface area contributed by atoms with Gasteiger partial charge in [0.25, 0.3) is 5.91 Å². The number of piperazine rings is 1. The van der Waals surface area contributed by atoms with Crippen LogP contribution in [0.3, 0.4) is 0 Å². The number of likely N-dealkylation sites (tertiary alicyclic amines) is 1. The summed E-state index contributed by atoms with van der Waals surface area (Å²) in [4.78, 5) is 67.1. The van der Waals surface area contributed by atoms with Gasteiger partial charge in [0, 0.05) is 80.2 Å². The fraction of sp³-hybridized carbons (Fsp3) is 0.559. The highest BCUT2D eigenvalue weighted by Gasteiger charge is 2.64. The van der Waals surface area contributed by atoms with Gasteiger partial charge in [0.1, 0.15) is 49.0 Å². The van der Waals surface area contributed by atoms with Crippen molar-refractivity contribution >= 4 is 46.6 Å². The van der Waals surface area contributed by atoms with Crippen LogP contribution in [0, 0.1) is 34.5 Å². The van der Waals surface area contributed by atoms with Crippen LogP contribution in [0.5, 0.6) is 11.5 Å². The van der Waals surface area contributed by atoms with E-state index in [2.05, 4.69) is 64.5 Å². The van der Waals surface area contributed by atoms with Gasteiger partial charge in [-0.3, -0.25) is 29.0 Å². The van der Waals surface area contributed by atoms with Gasteiger partial charge in [-0.1, -0.05) is 97.2 Å². The molecule has 414 valence electrons. The van der Waals surface area contributed by atoms with Crippen molar-refractivity contribution in [2.24, 2.45) is 16.2 Å². The van der Waals surface area contributed by atoms with Crippen LogP contribution in [0.15, 0.2) is 72.2 Å². The number of amides is 4. The molecule has 6 atom stereocenters. The van der Waals surface area contributed by atoms with Gasteiger partial charge in [-0.15, -0.1) is 11.3 Å². The van der Waals surface area contributed by atoms with Crippen molar-refractivity contribution in [3.63, 3.8) is 0 Å². The third kappa shape index (κ3) is 13.3. The van der Waals surface area contributed by atoms with Gasteiger partial charge in [0.15, 0.2) is 0 Å². The number of aliphatic hydroxyl groups excluding tert-OH is 1. The second-order valence-electron chi connectivity index (χ2n) is 23.6. The predicted molar refractivity (Wildman–Crippen MR) is 298 cm³/mol. The molecule has 2 saturated heterocycles. The maximum atomic E-state index is 14.4. The van der Waals surface area contributed by atoms with Gasteiger partial charge in [0.2, 0.25) is 17.7 Å². The molecule has 4 aromatic rings. The summed E-state index contributed by atoms with van der Waals surface area (Å²) in [5, 5.41) is 29.7. The zero-order valence-electron chi connectivity index (χ0n) is 46.1. The largest absolute Gasteiger partial charge is 0.492 e. The fourth-order valence-electron chi connectivity index (χ4n) is 12.2. The molecule has 4 aliphatic rings. The Labute approximate surface area is 463 Å². The third-order valence-electron chi connectivity index (χ3n) is 16.3. The maximum Gasteiger partial charge on any atom is 0.251 e. The highest BCUT2D eigenvalue weighted by Crippen LogP contribution is 2.55. The Morgan fingerprint density at radius 3 is 2.25 bits per heavy atom. The predicted octanol–water partition coefficient (Wildman–Crippen LogP) is 7.95. The normalized spacial score (nSPS) is 24.2. The van der Waals surface area contributed by atoms with E-state index in [0.29, 0.717) is 34.3 Å². The van der Waals surface area contributed by atoms with Crippen molar-refractivity contribution in [1.29, 1.82) is 5.26 Å². The van der Waals surface area contributed by atoms with Gasteiger partial charge in [-0.2, -0.15) is 5.26 Å². The number of aliphatic hydroxyl groups is 1. The molecule has 18 heteroatoms. The number of rotatable bonds is 18. The summed E-state index contributed by atoms with van der Waals surface area (Å²) in [6, 6.07) is 20.2. The van der Waals surface area contributed by atoms with E-state index in [0.717, 1.165) is 80.1 Å². The van der Waals surface area contributed by atoms with E-state index < -0.39 is 35.4 Å². The van der Waals surface area contributed by atoms with Crippen molar-refractivity contribution < 1.29 is 38.5 Å². The van der Waals surface area contributed by atoms with Crippen LogP contribution in [0.4, 0.5) is 0 Å². The first kappa shape index (κ1) is 57.6.